The van der Waals surface area contributed by atoms with Crippen LogP contribution in [0.3, 0.4) is 0 Å². The molecule has 0 bridgehead atoms. The number of benzene rings is 2. The molecule has 3 rings (SSSR count). The second kappa shape index (κ2) is 9.43. The summed E-state index contributed by atoms with van der Waals surface area (Å²) in [6, 6.07) is 13.8. The van der Waals surface area contributed by atoms with Crippen LogP contribution in [0.25, 0.3) is 0 Å². The number of carbonyl (C=O) groups excluding carboxylic acids is 3. The van der Waals surface area contributed by atoms with Gasteiger partial charge in [-0.2, -0.15) is 0 Å². The maximum absolute atomic E-state index is 12.7. The van der Waals surface area contributed by atoms with Gasteiger partial charge in [0, 0.05) is 18.7 Å². The Morgan fingerprint density at radius 2 is 1.83 bits per heavy atom. The molecule has 2 aromatic rings. The van der Waals surface area contributed by atoms with Crippen molar-refractivity contribution in [1.82, 2.24) is 0 Å². The molecule has 1 fully saturated rings. The smallest absolute Gasteiger partial charge is 0.338 e. The van der Waals surface area contributed by atoms with Crippen LogP contribution in [0.5, 0.6) is 5.75 Å². The van der Waals surface area contributed by atoms with E-state index < -0.39 is 11.9 Å². The van der Waals surface area contributed by atoms with E-state index >= 15 is 0 Å². The first-order chi connectivity index (χ1) is 14.4. The van der Waals surface area contributed by atoms with Crippen molar-refractivity contribution in [3.8, 4) is 5.75 Å². The zero-order valence-electron chi connectivity index (χ0n) is 17.4. The summed E-state index contributed by atoms with van der Waals surface area (Å²) in [4.78, 5) is 38.7. The summed E-state index contributed by atoms with van der Waals surface area (Å²) in [5.74, 6) is -0.379. The lowest BCUT2D eigenvalue weighted by Crippen LogP contribution is -2.28. The molecule has 1 N–H and O–H groups in total. The maximum atomic E-state index is 12.7. The third-order valence-corrected chi connectivity index (χ3v) is 4.81. The van der Waals surface area contributed by atoms with Gasteiger partial charge in [0.2, 0.25) is 11.8 Å². The molecule has 1 atom stereocenters. The first-order valence-corrected chi connectivity index (χ1v) is 9.90. The van der Waals surface area contributed by atoms with Crippen molar-refractivity contribution >= 4 is 29.2 Å². The number of carbonyl (C=O) groups is 3. The highest BCUT2D eigenvalue weighted by molar-refractivity contribution is 6.04. The van der Waals surface area contributed by atoms with Crippen molar-refractivity contribution in [3.63, 3.8) is 0 Å². The molecule has 1 aliphatic heterocycles. The van der Waals surface area contributed by atoms with Gasteiger partial charge in [-0.1, -0.05) is 26.0 Å². The molecule has 1 saturated heterocycles. The van der Waals surface area contributed by atoms with Crippen molar-refractivity contribution in [3.05, 3.63) is 54.1 Å². The van der Waals surface area contributed by atoms with Crippen molar-refractivity contribution in [1.29, 1.82) is 0 Å². The van der Waals surface area contributed by atoms with Gasteiger partial charge in [-0.15, -0.1) is 0 Å². The van der Waals surface area contributed by atoms with Crippen LogP contribution in [0, 0.1) is 11.8 Å². The van der Waals surface area contributed by atoms with Crippen molar-refractivity contribution in [2.45, 2.75) is 20.3 Å². The Morgan fingerprint density at radius 1 is 1.13 bits per heavy atom. The zero-order chi connectivity index (χ0) is 21.7. The number of anilines is 2. The normalized spacial score (nSPS) is 15.9. The van der Waals surface area contributed by atoms with Crippen LogP contribution in [0.4, 0.5) is 11.4 Å². The number of amides is 2. The van der Waals surface area contributed by atoms with Gasteiger partial charge < -0.3 is 19.7 Å². The van der Waals surface area contributed by atoms with Gasteiger partial charge in [-0.05, 0) is 42.3 Å². The van der Waals surface area contributed by atoms with Gasteiger partial charge in [0.15, 0.2) is 0 Å². The summed E-state index contributed by atoms with van der Waals surface area (Å²) in [6.07, 6.45) is 0.128. The van der Waals surface area contributed by atoms with E-state index in [9.17, 15) is 14.4 Å². The summed E-state index contributed by atoms with van der Waals surface area (Å²) in [7, 11) is 1.55. The van der Waals surface area contributed by atoms with E-state index in [1.807, 2.05) is 26.0 Å². The Bertz CT molecular complexity index is 923. The second-order valence-electron chi connectivity index (χ2n) is 7.64. The zero-order valence-corrected chi connectivity index (χ0v) is 17.4. The number of rotatable bonds is 7. The van der Waals surface area contributed by atoms with E-state index in [2.05, 4.69) is 5.32 Å². The Morgan fingerprint density at radius 3 is 2.50 bits per heavy atom. The molecule has 7 heteroatoms. The lowest BCUT2D eigenvalue weighted by atomic mass is 10.1. The molecule has 1 heterocycles. The lowest BCUT2D eigenvalue weighted by molar-refractivity contribution is -0.122. The number of methoxy groups -OCH3 is 1. The number of nitrogens with zero attached hydrogens (tertiary/aromatic N) is 1. The van der Waals surface area contributed by atoms with Gasteiger partial charge in [0.05, 0.1) is 30.9 Å². The van der Waals surface area contributed by atoms with Crippen LogP contribution in [0.1, 0.15) is 30.6 Å². The third kappa shape index (κ3) is 4.97. The number of esters is 1. The summed E-state index contributed by atoms with van der Waals surface area (Å²) in [6.45, 7) is 4.57. The van der Waals surface area contributed by atoms with Gasteiger partial charge in [-0.3, -0.25) is 9.59 Å². The molecule has 0 aliphatic carbocycles. The Balaban J connectivity index is 1.61. The molecular formula is C23H26N2O5. The third-order valence-electron chi connectivity index (χ3n) is 4.81. The van der Waals surface area contributed by atoms with Crippen molar-refractivity contribution < 1.29 is 23.9 Å². The van der Waals surface area contributed by atoms with Crippen LogP contribution >= 0.6 is 0 Å². The highest BCUT2D eigenvalue weighted by Gasteiger charge is 2.36. The molecule has 0 saturated carbocycles. The van der Waals surface area contributed by atoms with Gasteiger partial charge >= 0.3 is 5.97 Å². The lowest BCUT2D eigenvalue weighted by Gasteiger charge is -2.19. The second-order valence-corrected chi connectivity index (χ2v) is 7.64. The van der Waals surface area contributed by atoms with Crippen molar-refractivity contribution in [2.75, 3.05) is 30.5 Å². The Hall–Kier alpha value is -3.35. The fourth-order valence-corrected chi connectivity index (χ4v) is 3.23. The number of nitrogens with one attached hydrogen (secondary N) is 1. The predicted molar refractivity (Wildman–Crippen MR) is 114 cm³/mol. The quantitative estimate of drug-likeness (QED) is 0.706. The Labute approximate surface area is 176 Å². The molecule has 0 spiro atoms. The summed E-state index contributed by atoms with van der Waals surface area (Å²) >= 11 is 0. The van der Waals surface area contributed by atoms with E-state index in [1.54, 1.807) is 48.4 Å². The van der Waals surface area contributed by atoms with Crippen LogP contribution in [-0.2, 0) is 14.3 Å². The van der Waals surface area contributed by atoms with E-state index in [4.69, 9.17) is 9.47 Å². The average Bonchev–Trinajstić information content (AvgIpc) is 3.14. The maximum Gasteiger partial charge on any atom is 0.338 e. The molecule has 158 valence electrons. The highest BCUT2D eigenvalue weighted by Crippen LogP contribution is 2.33. The van der Waals surface area contributed by atoms with Crippen molar-refractivity contribution in [2.24, 2.45) is 11.8 Å². The number of hydrogen-bond donors (Lipinski definition) is 1. The fourth-order valence-electron chi connectivity index (χ4n) is 3.23. The number of para-hydroxylation sites is 2. The molecule has 2 aromatic carbocycles. The molecule has 0 aromatic heterocycles. The van der Waals surface area contributed by atoms with Gasteiger partial charge in [-0.25, -0.2) is 4.79 Å². The minimum Gasteiger partial charge on any atom is -0.495 e. The summed E-state index contributed by atoms with van der Waals surface area (Å²) in [5.41, 5.74) is 1.64. The molecule has 0 radical (unpaired) electrons. The number of ether oxygens (including phenoxy) is 2. The largest absolute Gasteiger partial charge is 0.495 e. The minimum atomic E-state index is -0.474. The first-order valence-electron chi connectivity index (χ1n) is 9.90. The molecule has 1 aliphatic rings. The van der Waals surface area contributed by atoms with Crippen LogP contribution in [0.15, 0.2) is 48.5 Å². The van der Waals surface area contributed by atoms with E-state index in [1.165, 1.54) is 0 Å². The first kappa shape index (κ1) is 21.4. The fraction of sp³-hybridized carbons (Fsp3) is 0.348. The summed E-state index contributed by atoms with van der Waals surface area (Å²) in [5, 5.41) is 2.82. The number of hydrogen-bond acceptors (Lipinski definition) is 5. The highest BCUT2D eigenvalue weighted by atomic mass is 16.5. The Kier molecular flexibility index (Phi) is 6.72. The van der Waals surface area contributed by atoms with Crippen LogP contribution < -0.4 is 15.0 Å². The van der Waals surface area contributed by atoms with Gasteiger partial charge in [0.1, 0.15) is 5.75 Å². The van der Waals surface area contributed by atoms with Crippen LogP contribution in [-0.4, -0.2) is 38.0 Å². The minimum absolute atomic E-state index is 0.122. The van der Waals surface area contributed by atoms with E-state index in [0.29, 0.717) is 29.3 Å². The molecule has 30 heavy (non-hydrogen) atoms. The van der Waals surface area contributed by atoms with Crippen LogP contribution in [0.2, 0.25) is 0 Å². The summed E-state index contributed by atoms with van der Waals surface area (Å²) < 4.78 is 10.5. The predicted octanol–water partition coefficient (Wildman–Crippen LogP) is 3.50. The average molecular weight is 410 g/mol. The molecule has 7 nitrogen and oxygen atoms in total. The van der Waals surface area contributed by atoms with Gasteiger partial charge in [0.25, 0.3) is 0 Å². The molecule has 2 amide bonds. The molecular weight excluding hydrogens is 384 g/mol. The standard InChI is InChI=1S/C23H26N2O5/c1-15(2)14-30-23(28)16-8-10-18(11-9-16)24-22(27)17-12-21(26)25(13-17)19-6-4-5-7-20(19)29-3/h4-11,15,17H,12-14H2,1-3H3,(H,24,27)/t17-/m0/s1. The SMILES string of the molecule is COc1ccccc1N1C[C@@H](C(=O)Nc2ccc(C(=O)OCC(C)C)cc2)CC1=O. The van der Waals surface area contributed by atoms with E-state index in [-0.39, 0.29) is 30.7 Å². The topological polar surface area (TPSA) is 84.9 Å². The monoisotopic (exact) mass is 410 g/mol. The van der Waals surface area contributed by atoms with E-state index in [0.717, 1.165) is 0 Å². The molecule has 0 unspecified atom stereocenters.